The molecule has 0 aliphatic carbocycles. The number of halogens is 1. The number of hydrogen-bond acceptors (Lipinski definition) is 2. The molecule has 0 amide bonds. The predicted molar refractivity (Wildman–Crippen MR) is 71.1 cm³/mol. The van der Waals surface area contributed by atoms with Crippen molar-refractivity contribution in [3.05, 3.63) is 33.2 Å². The lowest BCUT2D eigenvalue weighted by molar-refractivity contribution is 0.255. The number of rotatable bonds is 0. The number of aryl methyl sites for hydroxylation is 2. The van der Waals surface area contributed by atoms with Gasteiger partial charge in [0.25, 0.3) is 5.56 Å². The highest BCUT2D eigenvalue weighted by molar-refractivity contribution is 5.85. The maximum atomic E-state index is 12.1. The van der Waals surface area contributed by atoms with Gasteiger partial charge >= 0.3 is 0 Å². The van der Waals surface area contributed by atoms with Crippen molar-refractivity contribution in [3.63, 3.8) is 0 Å². The maximum absolute atomic E-state index is 12.1. The number of pyridine rings is 1. The van der Waals surface area contributed by atoms with Crippen LogP contribution in [-0.4, -0.2) is 17.7 Å². The second-order valence-corrected chi connectivity index (χ2v) is 5.27. The number of hydrogen-bond donors (Lipinski definition) is 1. The van der Waals surface area contributed by atoms with Crippen molar-refractivity contribution in [1.82, 2.24) is 9.88 Å². The van der Waals surface area contributed by atoms with Crippen LogP contribution in [0, 0.1) is 19.8 Å². The summed E-state index contributed by atoms with van der Waals surface area (Å²) in [5, 5.41) is 3.47. The van der Waals surface area contributed by atoms with Gasteiger partial charge in [0, 0.05) is 30.3 Å². The summed E-state index contributed by atoms with van der Waals surface area (Å²) in [5.41, 5.74) is 3.66. The van der Waals surface area contributed by atoms with Crippen molar-refractivity contribution in [2.75, 3.05) is 13.1 Å². The Balaban J connectivity index is 0.00000108. The van der Waals surface area contributed by atoms with Crippen molar-refractivity contribution < 1.29 is 0 Å². The molecule has 2 bridgehead atoms. The van der Waals surface area contributed by atoms with Crippen molar-refractivity contribution in [3.8, 4) is 0 Å². The number of nitrogens with one attached hydrogen (secondary N) is 1. The van der Waals surface area contributed by atoms with Crippen LogP contribution in [0.3, 0.4) is 0 Å². The summed E-state index contributed by atoms with van der Waals surface area (Å²) in [4.78, 5) is 12.1. The monoisotopic (exact) mass is 254 g/mol. The van der Waals surface area contributed by atoms with E-state index in [0.717, 1.165) is 25.2 Å². The zero-order valence-corrected chi connectivity index (χ0v) is 11.1. The van der Waals surface area contributed by atoms with Crippen LogP contribution in [0.15, 0.2) is 10.9 Å². The Morgan fingerprint density at radius 2 is 2.06 bits per heavy atom. The molecule has 2 atom stereocenters. The van der Waals surface area contributed by atoms with Gasteiger partial charge in [0.1, 0.15) is 0 Å². The summed E-state index contributed by atoms with van der Waals surface area (Å²) in [6.45, 7) is 7.05. The van der Waals surface area contributed by atoms with E-state index in [1.54, 1.807) is 0 Å². The first-order valence-corrected chi connectivity index (χ1v) is 6.08. The van der Waals surface area contributed by atoms with E-state index in [1.807, 2.05) is 17.6 Å². The molecule has 94 valence electrons. The molecular formula is C13H19ClN2O. The molecular weight excluding hydrogens is 236 g/mol. The Kier molecular flexibility index (Phi) is 3.32. The number of nitrogens with zero attached hydrogens (tertiary/aromatic N) is 1. The van der Waals surface area contributed by atoms with E-state index < -0.39 is 0 Å². The largest absolute Gasteiger partial charge is 0.316 e. The maximum Gasteiger partial charge on any atom is 0.253 e. The smallest absolute Gasteiger partial charge is 0.253 e. The Morgan fingerprint density at radius 1 is 1.29 bits per heavy atom. The number of piperidine rings is 1. The molecule has 1 N–H and O–H groups in total. The lowest BCUT2D eigenvalue weighted by Crippen LogP contribution is -2.45. The summed E-state index contributed by atoms with van der Waals surface area (Å²) >= 11 is 0. The molecule has 3 nitrogen and oxygen atoms in total. The Morgan fingerprint density at radius 3 is 2.82 bits per heavy atom. The molecule has 3 rings (SSSR count). The fraction of sp³-hybridized carbons (Fsp3) is 0.615. The van der Waals surface area contributed by atoms with E-state index in [2.05, 4.69) is 12.2 Å². The lowest BCUT2D eigenvalue weighted by atomic mass is 9.82. The van der Waals surface area contributed by atoms with Crippen molar-refractivity contribution in [2.45, 2.75) is 32.7 Å². The molecule has 0 spiro atoms. The zero-order chi connectivity index (χ0) is 11.3. The van der Waals surface area contributed by atoms with Gasteiger partial charge in [-0.25, -0.2) is 0 Å². The van der Waals surface area contributed by atoms with Gasteiger partial charge < -0.3 is 9.88 Å². The van der Waals surface area contributed by atoms with Crippen molar-refractivity contribution in [2.24, 2.45) is 5.92 Å². The molecule has 2 aliphatic heterocycles. The minimum Gasteiger partial charge on any atom is -0.316 e. The van der Waals surface area contributed by atoms with Crippen LogP contribution in [0.1, 0.15) is 29.2 Å². The van der Waals surface area contributed by atoms with Crippen molar-refractivity contribution >= 4 is 12.4 Å². The quantitative estimate of drug-likeness (QED) is 0.763. The molecule has 17 heavy (non-hydrogen) atoms. The third kappa shape index (κ3) is 1.91. The predicted octanol–water partition coefficient (Wildman–Crippen LogP) is 1.59. The highest BCUT2D eigenvalue weighted by Gasteiger charge is 2.32. The second kappa shape index (κ2) is 4.46. The average Bonchev–Trinajstić information content (AvgIpc) is 2.25. The number of aromatic nitrogens is 1. The Bertz CT molecular complexity index is 495. The van der Waals surface area contributed by atoms with E-state index in [-0.39, 0.29) is 18.0 Å². The van der Waals surface area contributed by atoms with Crippen molar-refractivity contribution in [1.29, 1.82) is 0 Å². The number of fused-ring (bicyclic) bond motifs is 4. The van der Waals surface area contributed by atoms with Gasteiger partial charge in [0.15, 0.2) is 0 Å². The summed E-state index contributed by atoms with van der Waals surface area (Å²) in [6, 6.07) is 2.04. The third-order valence-corrected chi connectivity index (χ3v) is 3.98. The molecule has 2 aliphatic rings. The minimum absolute atomic E-state index is 0. The van der Waals surface area contributed by atoms with Crippen LogP contribution in [0.4, 0.5) is 0 Å². The van der Waals surface area contributed by atoms with Gasteiger partial charge in [-0.1, -0.05) is 0 Å². The molecule has 0 radical (unpaired) electrons. The van der Waals surface area contributed by atoms with Crippen LogP contribution in [0.2, 0.25) is 0 Å². The molecule has 1 aromatic heterocycles. The standard InChI is InChI=1S/C13H18N2O.ClH/c1-8-3-9(2)13(16)15-7-10-4-11(12(8)15)6-14-5-10;/h3,10-11,14H,4-7H2,1-2H3;1H. The Labute approximate surface area is 108 Å². The van der Waals surface area contributed by atoms with Crippen LogP contribution in [-0.2, 0) is 6.54 Å². The molecule has 0 aromatic carbocycles. The minimum atomic E-state index is 0. The fourth-order valence-electron chi connectivity index (χ4n) is 3.36. The summed E-state index contributed by atoms with van der Waals surface area (Å²) in [7, 11) is 0. The topological polar surface area (TPSA) is 34.0 Å². The molecule has 1 aromatic rings. The van der Waals surface area contributed by atoms with Gasteiger partial charge in [-0.05, 0) is 44.4 Å². The summed E-state index contributed by atoms with van der Waals surface area (Å²) in [5.74, 6) is 1.19. The molecule has 4 heteroatoms. The van der Waals surface area contributed by atoms with E-state index in [9.17, 15) is 4.79 Å². The van der Waals surface area contributed by atoms with Crippen LogP contribution in [0.25, 0.3) is 0 Å². The van der Waals surface area contributed by atoms with Crippen LogP contribution >= 0.6 is 12.4 Å². The van der Waals surface area contributed by atoms with Gasteiger partial charge in [-0.3, -0.25) is 4.79 Å². The highest BCUT2D eigenvalue weighted by atomic mass is 35.5. The first-order valence-electron chi connectivity index (χ1n) is 6.08. The van der Waals surface area contributed by atoms with Gasteiger partial charge in [0.2, 0.25) is 0 Å². The van der Waals surface area contributed by atoms with Crippen LogP contribution < -0.4 is 10.9 Å². The third-order valence-electron chi connectivity index (χ3n) is 3.98. The average molecular weight is 255 g/mol. The SMILES string of the molecule is Cc1cc(C)c(=O)n2c1C1CNCC(C1)C2.Cl. The van der Waals surface area contributed by atoms with E-state index in [1.165, 1.54) is 17.7 Å². The van der Waals surface area contributed by atoms with Crippen LogP contribution in [0.5, 0.6) is 0 Å². The molecule has 3 heterocycles. The lowest BCUT2D eigenvalue weighted by Gasteiger charge is -2.38. The molecule has 1 saturated heterocycles. The molecule has 1 fully saturated rings. The molecule has 0 saturated carbocycles. The highest BCUT2D eigenvalue weighted by Crippen LogP contribution is 2.33. The van der Waals surface area contributed by atoms with Gasteiger partial charge in [-0.2, -0.15) is 0 Å². The van der Waals surface area contributed by atoms with E-state index in [0.29, 0.717) is 11.8 Å². The fourth-order valence-corrected chi connectivity index (χ4v) is 3.36. The van der Waals surface area contributed by atoms with Gasteiger partial charge in [0.05, 0.1) is 0 Å². The summed E-state index contributed by atoms with van der Waals surface area (Å²) < 4.78 is 2.03. The molecule has 2 unspecified atom stereocenters. The van der Waals surface area contributed by atoms with Gasteiger partial charge in [-0.15, -0.1) is 12.4 Å². The second-order valence-electron chi connectivity index (χ2n) is 5.27. The summed E-state index contributed by atoms with van der Waals surface area (Å²) in [6.07, 6.45) is 1.25. The first kappa shape index (κ1) is 12.7. The van der Waals surface area contributed by atoms with E-state index >= 15 is 0 Å². The first-order chi connectivity index (χ1) is 7.66. The normalized spacial score (nSPS) is 26.0. The zero-order valence-electron chi connectivity index (χ0n) is 10.3. The Hall–Kier alpha value is -0.800. The van der Waals surface area contributed by atoms with E-state index in [4.69, 9.17) is 0 Å².